The number of hydrogen-bond acceptors (Lipinski definition) is 5. The Morgan fingerprint density at radius 2 is 1.71 bits per heavy atom. The van der Waals surface area contributed by atoms with Crippen molar-refractivity contribution in [3.8, 4) is 0 Å². The monoisotopic (exact) mass is 441 g/mol. The molecule has 3 heterocycles. The molecule has 31 heavy (non-hydrogen) atoms. The van der Waals surface area contributed by atoms with Gasteiger partial charge in [-0.2, -0.15) is 13.9 Å². The van der Waals surface area contributed by atoms with Gasteiger partial charge in [0.2, 0.25) is 15.9 Å². The lowest BCUT2D eigenvalue weighted by atomic mass is 9.87. The smallest absolute Gasteiger partial charge is 0.243 e. The largest absolute Gasteiger partial charge is 0.310 e. The molecule has 0 unspecified atom stereocenters. The maximum absolute atomic E-state index is 13.0. The van der Waals surface area contributed by atoms with Gasteiger partial charge in [0.05, 0.1) is 11.1 Å². The molecule has 0 spiro atoms. The molecule has 1 aliphatic heterocycles. The fourth-order valence-corrected chi connectivity index (χ4v) is 5.26. The Morgan fingerprint density at radius 1 is 1.03 bits per heavy atom. The molecule has 2 aromatic heterocycles. The van der Waals surface area contributed by atoms with E-state index in [1.54, 1.807) is 41.2 Å². The molecule has 3 aromatic rings. The van der Waals surface area contributed by atoms with E-state index in [0.29, 0.717) is 42.3 Å². The Labute approximate surface area is 182 Å². The van der Waals surface area contributed by atoms with Crippen molar-refractivity contribution in [1.82, 2.24) is 18.9 Å². The van der Waals surface area contributed by atoms with E-state index in [9.17, 15) is 13.2 Å². The molecule has 0 bridgehead atoms. The Hall–Kier alpha value is -2.78. The van der Waals surface area contributed by atoms with E-state index in [1.165, 1.54) is 4.31 Å². The minimum atomic E-state index is -3.57. The van der Waals surface area contributed by atoms with Crippen molar-refractivity contribution in [3.05, 3.63) is 54.4 Å². The van der Waals surface area contributed by atoms with Crippen LogP contribution in [0, 0.1) is 5.92 Å². The standard InChI is InChI=1S/C22H27N5O3S/c1-22(2,3)17-4-6-18(7-5-17)31(29,30)26-14-10-16(11-15-26)21(28)25-20-8-12-23-19-9-13-24-27(19)20/h4-9,12-13,16H,10-11,14-15H2,1-3H3,(H,25,28). The second-order valence-electron chi connectivity index (χ2n) is 8.87. The summed E-state index contributed by atoms with van der Waals surface area (Å²) in [5.41, 5.74) is 1.70. The van der Waals surface area contributed by atoms with E-state index in [1.807, 2.05) is 12.1 Å². The van der Waals surface area contributed by atoms with E-state index < -0.39 is 10.0 Å². The third-order valence-electron chi connectivity index (χ3n) is 5.72. The Morgan fingerprint density at radius 3 is 2.35 bits per heavy atom. The van der Waals surface area contributed by atoms with E-state index >= 15 is 0 Å². The summed E-state index contributed by atoms with van der Waals surface area (Å²) in [5.74, 6) is 0.164. The number of fused-ring (bicyclic) bond motifs is 1. The third-order valence-corrected chi connectivity index (χ3v) is 7.64. The molecule has 1 N–H and O–H groups in total. The number of nitrogens with one attached hydrogen (secondary N) is 1. The molecule has 1 amide bonds. The van der Waals surface area contributed by atoms with E-state index in [0.717, 1.165) is 5.56 Å². The highest BCUT2D eigenvalue weighted by Gasteiger charge is 2.32. The first kappa shape index (κ1) is 21.5. The summed E-state index contributed by atoms with van der Waals surface area (Å²) in [4.78, 5) is 17.2. The maximum atomic E-state index is 13.0. The topological polar surface area (TPSA) is 96.7 Å². The van der Waals surface area contributed by atoms with Crippen molar-refractivity contribution in [3.63, 3.8) is 0 Å². The summed E-state index contributed by atoms with van der Waals surface area (Å²) in [5, 5.41) is 7.07. The van der Waals surface area contributed by atoms with Crippen LogP contribution in [0.15, 0.2) is 53.7 Å². The van der Waals surface area contributed by atoms with Gasteiger partial charge in [0.1, 0.15) is 5.82 Å². The van der Waals surface area contributed by atoms with Crippen LogP contribution in [0.2, 0.25) is 0 Å². The Kier molecular flexibility index (Phi) is 5.57. The first-order valence-electron chi connectivity index (χ1n) is 10.4. The zero-order chi connectivity index (χ0) is 22.2. The van der Waals surface area contributed by atoms with Gasteiger partial charge in [-0.3, -0.25) is 4.79 Å². The van der Waals surface area contributed by atoms with E-state index in [2.05, 4.69) is 36.2 Å². The van der Waals surface area contributed by atoms with E-state index in [4.69, 9.17) is 0 Å². The van der Waals surface area contributed by atoms with Gasteiger partial charge in [0.25, 0.3) is 0 Å². The van der Waals surface area contributed by atoms with Crippen LogP contribution in [0.4, 0.5) is 5.82 Å². The molecule has 0 aliphatic carbocycles. The number of hydrogen-bond donors (Lipinski definition) is 1. The minimum Gasteiger partial charge on any atom is -0.310 e. The number of aromatic nitrogens is 3. The van der Waals surface area contributed by atoms with Crippen LogP contribution in [0.1, 0.15) is 39.2 Å². The summed E-state index contributed by atoms with van der Waals surface area (Å²) >= 11 is 0. The maximum Gasteiger partial charge on any atom is 0.243 e. The number of amides is 1. The van der Waals surface area contributed by atoms with Crippen molar-refractivity contribution >= 4 is 27.4 Å². The second kappa shape index (κ2) is 8.05. The van der Waals surface area contributed by atoms with Crippen molar-refractivity contribution in [1.29, 1.82) is 0 Å². The molecule has 4 rings (SSSR count). The summed E-state index contributed by atoms with van der Waals surface area (Å²) in [6.07, 6.45) is 4.18. The lowest BCUT2D eigenvalue weighted by Crippen LogP contribution is -2.41. The van der Waals surface area contributed by atoms with Crippen LogP contribution in [-0.4, -0.2) is 46.3 Å². The summed E-state index contributed by atoms with van der Waals surface area (Å²) < 4.78 is 29.1. The highest BCUT2D eigenvalue weighted by atomic mass is 32.2. The molecule has 8 nitrogen and oxygen atoms in total. The van der Waals surface area contributed by atoms with Gasteiger partial charge in [-0.15, -0.1) is 0 Å². The van der Waals surface area contributed by atoms with Crippen molar-refractivity contribution in [2.45, 2.75) is 43.9 Å². The highest BCUT2D eigenvalue weighted by Crippen LogP contribution is 2.27. The van der Waals surface area contributed by atoms with Crippen LogP contribution in [0.5, 0.6) is 0 Å². The van der Waals surface area contributed by atoms with Gasteiger partial charge in [-0.05, 0) is 42.0 Å². The predicted octanol–water partition coefficient (Wildman–Crippen LogP) is 3.07. The number of benzene rings is 1. The molecule has 0 saturated carbocycles. The fourth-order valence-electron chi connectivity index (χ4n) is 3.79. The number of carbonyl (C=O) groups excluding carboxylic acids is 1. The quantitative estimate of drug-likeness (QED) is 0.671. The van der Waals surface area contributed by atoms with Gasteiger partial charge in [-0.1, -0.05) is 32.9 Å². The van der Waals surface area contributed by atoms with Gasteiger partial charge in [-0.25, -0.2) is 13.4 Å². The molecule has 0 radical (unpaired) electrons. The highest BCUT2D eigenvalue weighted by molar-refractivity contribution is 7.89. The SMILES string of the molecule is CC(C)(C)c1ccc(S(=O)(=O)N2CCC(C(=O)Nc3ccnc4ccnn34)CC2)cc1. The number of rotatable bonds is 4. The van der Waals surface area contributed by atoms with Gasteiger partial charge < -0.3 is 5.32 Å². The number of sulfonamides is 1. The molecule has 1 fully saturated rings. The van der Waals surface area contributed by atoms with Crippen LogP contribution in [-0.2, 0) is 20.2 Å². The lowest BCUT2D eigenvalue weighted by molar-refractivity contribution is -0.120. The first-order valence-corrected chi connectivity index (χ1v) is 11.8. The zero-order valence-corrected chi connectivity index (χ0v) is 18.8. The lowest BCUT2D eigenvalue weighted by Gasteiger charge is -2.30. The summed E-state index contributed by atoms with van der Waals surface area (Å²) in [6, 6.07) is 10.5. The molecular formula is C22H27N5O3S. The average Bonchev–Trinajstić information content (AvgIpc) is 3.23. The van der Waals surface area contributed by atoms with Crippen molar-refractivity contribution < 1.29 is 13.2 Å². The van der Waals surface area contributed by atoms with E-state index in [-0.39, 0.29) is 17.2 Å². The van der Waals surface area contributed by atoms with Crippen molar-refractivity contribution in [2.75, 3.05) is 18.4 Å². The minimum absolute atomic E-state index is 0.0371. The summed E-state index contributed by atoms with van der Waals surface area (Å²) in [6.45, 7) is 6.91. The molecule has 1 aromatic carbocycles. The number of carbonyl (C=O) groups is 1. The van der Waals surface area contributed by atoms with Gasteiger partial charge in [0.15, 0.2) is 5.65 Å². The number of nitrogens with zero attached hydrogens (tertiary/aromatic N) is 4. The zero-order valence-electron chi connectivity index (χ0n) is 17.9. The van der Waals surface area contributed by atoms with Crippen LogP contribution in [0.3, 0.4) is 0 Å². The Balaban J connectivity index is 1.40. The third kappa shape index (κ3) is 4.33. The first-order chi connectivity index (χ1) is 14.7. The normalized spacial score (nSPS) is 16.5. The van der Waals surface area contributed by atoms with Gasteiger partial charge >= 0.3 is 0 Å². The Bertz CT molecular complexity index is 1190. The number of piperidine rings is 1. The fraction of sp³-hybridized carbons (Fsp3) is 0.409. The molecular weight excluding hydrogens is 414 g/mol. The molecule has 164 valence electrons. The molecule has 0 atom stereocenters. The average molecular weight is 442 g/mol. The second-order valence-corrected chi connectivity index (χ2v) is 10.8. The van der Waals surface area contributed by atoms with Gasteiger partial charge in [0, 0.05) is 31.3 Å². The number of anilines is 1. The molecule has 9 heteroatoms. The van der Waals surface area contributed by atoms with Crippen LogP contribution < -0.4 is 5.32 Å². The molecule has 1 aliphatic rings. The van der Waals surface area contributed by atoms with Crippen LogP contribution >= 0.6 is 0 Å². The van der Waals surface area contributed by atoms with Crippen molar-refractivity contribution in [2.24, 2.45) is 5.92 Å². The molecule has 1 saturated heterocycles. The predicted molar refractivity (Wildman–Crippen MR) is 118 cm³/mol. The summed E-state index contributed by atoms with van der Waals surface area (Å²) in [7, 11) is -3.57. The van der Waals surface area contributed by atoms with Crippen LogP contribution in [0.25, 0.3) is 5.65 Å².